The van der Waals surface area contributed by atoms with E-state index >= 15 is 0 Å². The van der Waals surface area contributed by atoms with E-state index in [0.29, 0.717) is 14.6 Å². The van der Waals surface area contributed by atoms with E-state index in [4.69, 9.17) is 0 Å². The third-order valence-electron chi connectivity index (χ3n) is 2.39. The van der Waals surface area contributed by atoms with E-state index in [1.165, 1.54) is 12.1 Å². The molecule has 0 unspecified atom stereocenters. The number of nitro benzene ring substituents is 1. The number of hydrogen-bond acceptors (Lipinski definition) is 3. The summed E-state index contributed by atoms with van der Waals surface area (Å²) in [6.45, 7) is 0. The second-order valence-electron chi connectivity index (χ2n) is 3.61. The van der Waals surface area contributed by atoms with Gasteiger partial charge in [0.15, 0.2) is 0 Å². The number of nitrogens with one attached hydrogen (secondary N) is 1. The van der Waals surface area contributed by atoms with Gasteiger partial charge in [0.05, 0.1) is 10.6 Å². The van der Waals surface area contributed by atoms with E-state index in [2.05, 4.69) is 37.2 Å². The molecule has 0 bridgehead atoms. The van der Waals surface area contributed by atoms with Gasteiger partial charge in [-0.3, -0.25) is 10.1 Å². The van der Waals surface area contributed by atoms with Crippen LogP contribution < -0.4 is 5.32 Å². The van der Waals surface area contributed by atoms with Crippen LogP contribution in [0.2, 0.25) is 0 Å². The summed E-state index contributed by atoms with van der Waals surface area (Å²) in [5.41, 5.74) is 0.110. The number of anilines is 2. The summed E-state index contributed by atoms with van der Waals surface area (Å²) in [7, 11) is 0. The number of halogens is 3. The van der Waals surface area contributed by atoms with Gasteiger partial charge in [0.1, 0.15) is 5.69 Å². The lowest BCUT2D eigenvalue weighted by atomic mass is 10.2. The van der Waals surface area contributed by atoms with Crippen molar-refractivity contribution >= 4 is 48.9 Å². The van der Waals surface area contributed by atoms with Crippen LogP contribution in [0.25, 0.3) is 0 Å². The largest absolute Gasteiger partial charge is 0.348 e. The Balaban J connectivity index is 2.50. The smallest absolute Gasteiger partial charge is 0.327 e. The zero-order valence-electron chi connectivity index (χ0n) is 9.36. The highest BCUT2D eigenvalue weighted by atomic mass is 79.9. The van der Waals surface area contributed by atoms with Crippen molar-refractivity contribution < 1.29 is 9.31 Å². The lowest BCUT2D eigenvalue weighted by Gasteiger charge is -2.11. The fourth-order valence-electron chi connectivity index (χ4n) is 1.55. The van der Waals surface area contributed by atoms with Gasteiger partial charge in [-0.05, 0) is 56.1 Å². The zero-order chi connectivity index (χ0) is 14.0. The molecular weight excluding hydrogens is 383 g/mol. The summed E-state index contributed by atoms with van der Waals surface area (Å²) in [6, 6.07) is 9.27. The fourth-order valence-corrected chi connectivity index (χ4v) is 2.75. The maximum atomic E-state index is 13.5. The van der Waals surface area contributed by atoms with Gasteiger partial charge in [-0.15, -0.1) is 0 Å². The minimum absolute atomic E-state index is 0.0950. The van der Waals surface area contributed by atoms with E-state index in [1.54, 1.807) is 18.2 Å². The molecule has 0 aliphatic carbocycles. The molecule has 0 amide bonds. The van der Waals surface area contributed by atoms with Gasteiger partial charge in [-0.1, -0.05) is 12.1 Å². The molecule has 2 rings (SSSR count). The summed E-state index contributed by atoms with van der Waals surface area (Å²) in [5.74, 6) is -0.877. The summed E-state index contributed by atoms with van der Waals surface area (Å²) in [5, 5.41) is 13.8. The Bertz CT molecular complexity index is 629. The van der Waals surface area contributed by atoms with Gasteiger partial charge in [0.2, 0.25) is 5.82 Å². The summed E-state index contributed by atoms with van der Waals surface area (Å²) >= 11 is 6.66. The lowest BCUT2D eigenvalue weighted by Crippen LogP contribution is -2.00. The molecule has 2 aromatic rings. The predicted octanol–water partition coefficient (Wildman–Crippen LogP) is 5.00. The molecule has 0 radical (unpaired) electrons. The Kier molecular flexibility index (Phi) is 4.16. The van der Waals surface area contributed by atoms with Gasteiger partial charge in [-0.25, -0.2) is 0 Å². The van der Waals surface area contributed by atoms with Gasteiger partial charge < -0.3 is 5.32 Å². The lowest BCUT2D eigenvalue weighted by molar-refractivity contribution is -0.386. The molecule has 0 fully saturated rings. The molecule has 0 aliphatic rings. The van der Waals surface area contributed by atoms with Crippen LogP contribution in [0.4, 0.5) is 21.5 Å². The van der Waals surface area contributed by atoms with Gasteiger partial charge in [0, 0.05) is 8.95 Å². The number of rotatable bonds is 3. The first-order valence-corrected chi connectivity index (χ1v) is 6.73. The van der Waals surface area contributed by atoms with Crippen LogP contribution >= 0.6 is 31.9 Å². The Morgan fingerprint density at radius 3 is 2.26 bits per heavy atom. The normalized spacial score (nSPS) is 10.3. The monoisotopic (exact) mass is 388 g/mol. The van der Waals surface area contributed by atoms with Crippen molar-refractivity contribution in [1.29, 1.82) is 0 Å². The molecule has 4 nitrogen and oxygen atoms in total. The second kappa shape index (κ2) is 5.66. The highest BCUT2D eigenvalue weighted by molar-refractivity contribution is 9.11. The molecule has 19 heavy (non-hydrogen) atoms. The Hall–Kier alpha value is -1.47. The van der Waals surface area contributed by atoms with Crippen LogP contribution in [-0.4, -0.2) is 4.92 Å². The third kappa shape index (κ3) is 2.93. The fraction of sp³-hybridized carbons (Fsp3) is 0. The third-order valence-corrected chi connectivity index (χ3v) is 3.71. The maximum absolute atomic E-state index is 13.5. The number of para-hydroxylation sites is 2. The summed E-state index contributed by atoms with van der Waals surface area (Å²) in [6.07, 6.45) is 0. The van der Waals surface area contributed by atoms with Gasteiger partial charge in [0.25, 0.3) is 0 Å². The molecule has 0 atom stereocenters. The van der Waals surface area contributed by atoms with Crippen molar-refractivity contribution in [3.8, 4) is 0 Å². The number of benzene rings is 2. The first-order chi connectivity index (χ1) is 9.00. The predicted molar refractivity (Wildman–Crippen MR) is 78.2 cm³/mol. The van der Waals surface area contributed by atoms with Crippen LogP contribution in [0.15, 0.2) is 45.3 Å². The first-order valence-electron chi connectivity index (χ1n) is 5.14. The van der Waals surface area contributed by atoms with Crippen molar-refractivity contribution in [2.24, 2.45) is 0 Å². The number of hydrogen-bond donors (Lipinski definition) is 1. The summed E-state index contributed by atoms with van der Waals surface area (Å²) < 4.78 is 14.9. The maximum Gasteiger partial charge on any atom is 0.327 e. The number of nitro groups is 1. The van der Waals surface area contributed by atoms with E-state index in [-0.39, 0.29) is 5.69 Å². The second-order valence-corrected chi connectivity index (χ2v) is 5.32. The van der Waals surface area contributed by atoms with Crippen molar-refractivity contribution in [2.75, 3.05) is 5.32 Å². The van der Waals surface area contributed by atoms with E-state index < -0.39 is 16.4 Å². The molecular formula is C12H7Br2FN2O2. The van der Waals surface area contributed by atoms with E-state index in [9.17, 15) is 14.5 Å². The zero-order valence-corrected chi connectivity index (χ0v) is 12.5. The molecule has 2 aromatic carbocycles. The average molecular weight is 390 g/mol. The van der Waals surface area contributed by atoms with Crippen molar-refractivity contribution in [1.82, 2.24) is 0 Å². The molecule has 0 saturated heterocycles. The molecule has 0 aromatic heterocycles. The molecule has 0 aliphatic heterocycles. The van der Waals surface area contributed by atoms with Crippen LogP contribution in [0.3, 0.4) is 0 Å². The topological polar surface area (TPSA) is 55.2 Å². The molecule has 0 spiro atoms. The quantitative estimate of drug-likeness (QED) is 0.593. The van der Waals surface area contributed by atoms with Crippen LogP contribution in [-0.2, 0) is 0 Å². The van der Waals surface area contributed by atoms with Crippen LogP contribution in [0.5, 0.6) is 0 Å². The Morgan fingerprint density at radius 1 is 1.11 bits per heavy atom. The molecule has 0 saturated carbocycles. The highest BCUT2D eigenvalue weighted by Gasteiger charge is 2.20. The van der Waals surface area contributed by atoms with Gasteiger partial charge in [-0.2, -0.15) is 4.39 Å². The highest BCUT2D eigenvalue weighted by Crippen LogP contribution is 2.36. The minimum Gasteiger partial charge on any atom is -0.348 e. The standard InChI is InChI=1S/C12H7Br2FN2O2/c13-7-3-1-4-8(14)11(7)16-10-6-2-5-9(15)12(10)17(18)19/h1-6,16H. The Labute approximate surface area is 125 Å². The van der Waals surface area contributed by atoms with Crippen molar-refractivity contribution in [3.05, 3.63) is 61.3 Å². The average Bonchev–Trinajstić information content (AvgIpc) is 2.33. The summed E-state index contributed by atoms with van der Waals surface area (Å²) in [4.78, 5) is 10.2. The van der Waals surface area contributed by atoms with E-state index in [1.807, 2.05) is 0 Å². The number of nitrogens with zero attached hydrogens (tertiary/aromatic N) is 1. The van der Waals surface area contributed by atoms with Crippen molar-refractivity contribution in [3.63, 3.8) is 0 Å². The van der Waals surface area contributed by atoms with Crippen molar-refractivity contribution in [2.45, 2.75) is 0 Å². The Morgan fingerprint density at radius 2 is 1.68 bits per heavy atom. The molecule has 0 heterocycles. The van der Waals surface area contributed by atoms with Crippen LogP contribution in [0.1, 0.15) is 0 Å². The first kappa shape index (κ1) is 14.0. The molecule has 7 heteroatoms. The SMILES string of the molecule is O=[N+]([O-])c1c(F)cccc1Nc1c(Br)cccc1Br. The van der Waals surface area contributed by atoms with E-state index in [0.717, 1.165) is 6.07 Å². The van der Waals surface area contributed by atoms with Gasteiger partial charge >= 0.3 is 5.69 Å². The van der Waals surface area contributed by atoms with Crippen LogP contribution in [0, 0.1) is 15.9 Å². The molecule has 1 N–H and O–H groups in total. The minimum atomic E-state index is -0.877. The molecule has 98 valence electrons.